The molecule has 7 nitrogen and oxygen atoms in total. The minimum absolute atomic E-state index is 0.157. The van der Waals surface area contributed by atoms with Crippen LogP contribution in [-0.2, 0) is 0 Å². The molecule has 0 radical (unpaired) electrons. The number of benzene rings is 1. The molecule has 106 valence electrons. The Hall–Kier alpha value is -2.03. The second-order valence-electron chi connectivity index (χ2n) is 3.82. The number of amides is 1. The van der Waals surface area contributed by atoms with Crippen LogP contribution in [0, 0.1) is 0 Å². The molecule has 3 aromatic rings. The highest BCUT2D eigenvalue weighted by Gasteiger charge is 2.15. The predicted molar refractivity (Wildman–Crippen MR) is 79.2 cm³/mol. The Balaban J connectivity index is 1.94. The number of carbonyl (C=O) groups excluding carboxylic acids is 1. The van der Waals surface area contributed by atoms with Crippen LogP contribution in [0.25, 0.3) is 5.69 Å². The summed E-state index contributed by atoms with van der Waals surface area (Å²) in [6.07, 6.45) is 2.91. The SMILES string of the molecule is O=C(Nc1cc(Cl)ccc1-n1cncn1)c1nnc(Cl)s1. The molecule has 10 heteroatoms. The maximum Gasteiger partial charge on any atom is 0.286 e. The highest BCUT2D eigenvalue weighted by molar-refractivity contribution is 7.17. The van der Waals surface area contributed by atoms with E-state index in [1.807, 2.05) is 0 Å². The summed E-state index contributed by atoms with van der Waals surface area (Å²) < 4.78 is 1.71. The molecule has 0 aliphatic carbocycles. The third-order valence-corrected chi connectivity index (χ3v) is 3.72. The molecular formula is C11H6Cl2N6OS. The lowest BCUT2D eigenvalue weighted by Gasteiger charge is -2.10. The van der Waals surface area contributed by atoms with E-state index in [1.165, 1.54) is 17.3 Å². The maximum absolute atomic E-state index is 12.1. The van der Waals surface area contributed by atoms with Crippen molar-refractivity contribution in [1.82, 2.24) is 25.0 Å². The minimum Gasteiger partial charge on any atom is -0.318 e. The number of rotatable bonds is 3. The van der Waals surface area contributed by atoms with Crippen molar-refractivity contribution in [3.63, 3.8) is 0 Å². The van der Waals surface area contributed by atoms with Gasteiger partial charge in [0, 0.05) is 5.02 Å². The molecule has 0 atom stereocenters. The summed E-state index contributed by atoms with van der Waals surface area (Å²) in [6.45, 7) is 0. The Kier molecular flexibility index (Phi) is 3.82. The molecule has 2 aromatic heterocycles. The predicted octanol–water partition coefficient (Wildman–Crippen LogP) is 2.68. The molecular weight excluding hydrogens is 335 g/mol. The number of carbonyl (C=O) groups is 1. The quantitative estimate of drug-likeness (QED) is 0.792. The van der Waals surface area contributed by atoms with Gasteiger partial charge < -0.3 is 5.32 Å². The molecule has 3 rings (SSSR count). The first-order chi connectivity index (χ1) is 10.1. The van der Waals surface area contributed by atoms with Gasteiger partial charge in [-0.1, -0.05) is 22.9 Å². The molecule has 0 saturated carbocycles. The Labute approximate surface area is 132 Å². The van der Waals surface area contributed by atoms with Crippen LogP contribution in [0.1, 0.15) is 9.80 Å². The van der Waals surface area contributed by atoms with Crippen molar-refractivity contribution in [3.05, 3.63) is 45.4 Å². The number of nitrogens with zero attached hydrogens (tertiary/aromatic N) is 5. The van der Waals surface area contributed by atoms with E-state index >= 15 is 0 Å². The lowest BCUT2D eigenvalue weighted by Crippen LogP contribution is -2.14. The van der Waals surface area contributed by atoms with E-state index < -0.39 is 5.91 Å². The van der Waals surface area contributed by atoms with Crippen molar-refractivity contribution in [2.24, 2.45) is 0 Å². The molecule has 0 fully saturated rings. The van der Waals surface area contributed by atoms with Gasteiger partial charge in [-0.05, 0) is 29.8 Å². The largest absolute Gasteiger partial charge is 0.318 e. The van der Waals surface area contributed by atoms with Gasteiger partial charge in [-0.15, -0.1) is 10.2 Å². The van der Waals surface area contributed by atoms with Crippen LogP contribution >= 0.6 is 34.5 Å². The van der Waals surface area contributed by atoms with Crippen LogP contribution in [0.5, 0.6) is 0 Å². The molecule has 1 N–H and O–H groups in total. The van der Waals surface area contributed by atoms with Crippen molar-refractivity contribution < 1.29 is 4.79 Å². The summed E-state index contributed by atoms with van der Waals surface area (Å²) in [4.78, 5) is 16.0. The monoisotopic (exact) mass is 340 g/mol. The van der Waals surface area contributed by atoms with Crippen LogP contribution in [0.15, 0.2) is 30.9 Å². The van der Waals surface area contributed by atoms with Gasteiger partial charge in [-0.25, -0.2) is 9.67 Å². The number of aromatic nitrogens is 5. The molecule has 0 saturated heterocycles. The second kappa shape index (κ2) is 5.76. The van der Waals surface area contributed by atoms with E-state index in [0.717, 1.165) is 11.3 Å². The van der Waals surface area contributed by atoms with Crippen LogP contribution in [0.4, 0.5) is 5.69 Å². The average Bonchev–Trinajstić information content (AvgIpc) is 3.10. The van der Waals surface area contributed by atoms with Crippen molar-refractivity contribution >= 4 is 46.1 Å². The smallest absolute Gasteiger partial charge is 0.286 e. The topological polar surface area (TPSA) is 85.6 Å². The number of nitrogens with one attached hydrogen (secondary N) is 1. The molecule has 1 aromatic carbocycles. The van der Waals surface area contributed by atoms with Crippen molar-refractivity contribution in [2.75, 3.05) is 5.32 Å². The van der Waals surface area contributed by atoms with Crippen molar-refractivity contribution in [3.8, 4) is 5.69 Å². The number of hydrogen-bond donors (Lipinski definition) is 1. The highest BCUT2D eigenvalue weighted by Crippen LogP contribution is 2.25. The van der Waals surface area contributed by atoms with Gasteiger partial charge in [0.1, 0.15) is 12.7 Å². The van der Waals surface area contributed by atoms with Gasteiger partial charge in [0.15, 0.2) is 0 Å². The fourth-order valence-corrected chi connectivity index (χ4v) is 2.51. The van der Waals surface area contributed by atoms with Gasteiger partial charge in [-0.2, -0.15) is 5.10 Å². The first-order valence-corrected chi connectivity index (χ1v) is 7.15. The maximum atomic E-state index is 12.1. The molecule has 0 aliphatic rings. The zero-order valence-electron chi connectivity index (χ0n) is 10.2. The Morgan fingerprint density at radius 3 is 2.81 bits per heavy atom. The fraction of sp³-hybridized carbons (Fsp3) is 0. The summed E-state index contributed by atoms with van der Waals surface area (Å²) in [5, 5.41) is 14.6. The van der Waals surface area contributed by atoms with E-state index in [2.05, 4.69) is 25.6 Å². The van der Waals surface area contributed by atoms with E-state index in [9.17, 15) is 4.79 Å². The molecule has 0 bridgehead atoms. The molecule has 0 spiro atoms. The van der Waals surface area contributed by atoms with Crippen LogP contribution in [0.2, 0.25) is 9.49 Å². The zero-order chi connectivity index (χ0) is 14.8. The lowest BCUT2D eigenvalue weighted by atomic mass is 10.2. The summed E-state index contributed by atoms with van der Waals surface area (Å²) in [5.41, 5.74) is 1.10. The third-order valence-electron chi connectivity index (χ3n) is 2.47. The number of halogens is 2. The zero-order valence-corrected chi connectivity index (χ0v) is 12.5. The molecule has 21 heavy (non-hydrogen) atoms. The Bertz CT molecular complexity index is 788. The molecule has 2 heterocycles. The summed E-state index contributed by atoms with van der Waals surface area (Å²) >= 11 is 12.6. The molecule has 1 amide bonds. The van der Waals surface area contributed by atoms with E-state index in [0.29, 0.717) is 16.4 Å². The molecule has 0 aliphatic heterocycles. The third kappa shape index (κ3) is 3.02. The highest BCUT2D eigenvalue weighted by atomic mass is 35.5. The Morgan fingerprint density at radius 1 is 1.29 bits per heavy atom. The van der Waals surface area contributed by atoms with Crippen LogP contribution < -0.4 is 5.32 Å². The van der Waals surface area contributed by atoms with Crippen molar-refractivity contribution in [1.29, 1.82) is 0 Å². The standard InChI is InChI=1S/C11H6Cl2N6OS/c12-6-1-2-8(19-5-14-4-15-19)7(3-6)16-9(20)10-17-18-11(13)21-10/h1-5H,(H,16,20). The second-order valence-corrected chi connectivity index (χ2v) is 5.81. The molecule has 0 unspecified atom stereocenters. The van der Waals surface area contributed by atoms with Gasteiger partial charge in [0.2, 0.25) is 9.47 Å². The van der Waals surface area contributed by atoms with Gasteiger partial charge in [0.25, 0.3) is 5.91 Å². The lowest BCUT2D eigenvalue weighted by molar-refractivity contribution is 0.102. The average molecular weight is 341 g/mol. The minimum atomic E-state index is -0.428. The van der Waals surface area contributed by atoms with E-state index in [-0.39, 0.29) is 9.47 Å². The fourth-order valence-electron chi connectivity index (χ4n) is 1.61. The first kappa shape index (κ1) is 13.9. The van der Waals surface area contributed by atoms with Crippen molar-refractivity contribution in [2.45, 2.75) is 0 Å². The van der Waals surface area contributed by atoms with Gasteiger partial charge >= 0.3 is 0 Å². The summed E-state index contributed by atoms with van der Waals surface area (Å²) in [6, 6.07) is 5.02. The van der Waals surface area contributed by atoms with E-state index in [1.54, 1.807) is 18.2 Å². The Morgan fingerprint density at radius 2 is 2.14 bits per heavy atom. The van der Waals surface area contributed by atoms with Crippen LogP contribution in [-0.4, -0.2) is 30.9 Å². The number of anilines is 1. The number of hydrogen-bond acceptors (Lipinski definition) is 6. The first-order valence-electron chi connectivity index (χ1n) is 5.58. The van der Waals surface area contributed by atoms with Gasteiger partial charge in [0.05, 0.1) is 11.4 Å². The summed E-state index contributed by atoms with van der Waals surface area (Å²) in [7, 11) is 0. The summed E-state index contributed by atoms with van der Waals surface area (Å²) in [5.74, 6) is -0.428. The normalized spacial score (nSPS) is 10.6. The van der Waals surface area contributed by atoms with Crippen LogP contribution in [0.3, 0.4) is 0 Å². The van der Waals surface area contributed by atoms with E-state index in [4.69, 9.17) is 23.2 Å². The van der Waals surface area contributed by atoms with Gasteiger partial charge in [-0.3, -0.25) is 4.79 Å².